The SMILES string of the molecule is CC(=O)NCCNC(=O)c1ccc2c(c1)B(O)OC2. The van der Waals surface area contributed by atoms with Crippen molar-refractivity contribution >= 4 is 24.4 Å². The van der Waals surface area contributed by atoms with Gasteiger partial charge < -0.3 is 20.3 Å². The molecule has 1 aliphatic heterocycles. The largest absolute Gasteiger partial charge is 0.491 e. The van der Waals surface area contributed by atoms with Gasteiger partial charge in [0.1, 0.15) is 0 Å². The molecule has 0 radical (unpaired) electrons. The van der Waals surface area contributed by atoms with Gasteiger partial charge in [-0.2, -0.15) is 0 Å². The van der Waals surface area contributed by atoms with E-state index in [9.17, 15) is 14.6 Å². The van der Waals surface area contributed by atoms with Crippen molar-refractivity contribution in [2.75, 3.05) is 13.1 Å². The highest BCUT2D eigenvalue weighted by Crippen LogP contribution is 2.11. The smallest absolute Gasteiger partial charge is 0.423 e. The van der Waals surface area contributed by atoms with E-state index in [0.29, 0.717) is 30.7 Å². The Balaban J connectivity index is 1.93. The van der Waals surface area contributed by atoms with Gasteiger partial charge in [0.05, 0.1) is 6.61 Å². The predicted molar refractivity (Wildman–Crippen MR) is 69.9 cm³/mol. The molecule has 100 valence electrons. The zero-order valence-corrected chi connectivity index (χ0v) is 10.6. The zero-order chi connectivity index (χ0) is 13.8. The maximum absolute atomic E-state index is 11.8. The van der Waals surface area contributed by atoms with Crippen molar-refractivity contribution in [1.29, 1.82) is 0 Å². The molecule has 2 rings (SSSR count). The number of rotatable bonds is 4. The highest BCUT2D eigenvalue weighted by Gasteiger charge is 2.27. The van der Waals surface area contributed by atoms with Crippen LogP contribution in [0, 0.1) is 0 Å². The number of hydrogen-bond donors (Lipinski definition) is 3. The first kappa shape index (κ1) is 13.6. The summed E-state index contributed by atoms with van der Waals surface area (Å²) in [6.07, 6.45) is 0. The molecular weight excluding hydrogens is 247 g/mol. The first-order chi connectivity index (χ1) is 9.08. The molecule has 1 aromatic carbocycles. The van der Waals surface area contributed by atoms with Gasteiger partial charge in [0.25, 0.3) is 5.91 Å². The Labute approximate surface area is 111 Å². The van der Waals surface area contributed by atoms with Crippen molar-refractivity contribution in [2.45, 2.75) is 13.5 Å². The van der Waals surface area contributed by atoms with Crippen LogP contribution >= 0.6 is 0 Å². The van der Waals surface area contributed by atoms with Crippen LogP contribution < -0.4 is 16.1 Å². The van der Waals surface area contributed by atoms with E-state index in [-0.39, 0.29) is 11.8 Å². The number of fused-ring (bicyclic) bond motifs is 1. The number of carbonyl (C=O) groups is 2. The van der Waals surface area contributed by atoms with E-state index in [1.54, 1.807) is 18.2 Å². The molecule has 0 bridgehead atoms. The quantitative estimate of drug-likeness (QED) is 0.468. The summed E-state index contributed by atoms with van der Waals surface area (Å²) in [6.45, 7) is 2.52. The van der Waals surface area contributed by atoms with Gasteiger partial charge in [0.15, 0.2) is 0 Å². The molecule has 0 saturated heterocycles. The second kappa shape index (κ2) is 5.86. The van der Waals surface area contributed by atoms with E-state index in [0.717, 1.165) is 5.56 Å². The van der Waals surface area contributed by atoms with E-state index in [1.807, 2.05) is 0 Å². The summed E-state index contributed by atoms with van der Waals surface area (Å²) in [4.78, 5) is 22.5. The van der Waals surface area contributed by atoms with Gasteiger partial charge >= 0.3 is 7.12 Å². The van der Waals surface area contributed by atoms with Crippen LogP contribution in [-0.2, 0) is 16.1 Å². The molecule has 0 unspecified atom stereocenters. The monoisotopic (exact) mass is 262 g/mol. The van der Waals surface area contributed by atoms with Crippen LogP contribution in [-0.4, -0.2) is 37.0 Å². The first-order valence-electron chi connectivity index (χ1n) is 6.03. The fourth-order valence-corrected chi connectivity index (χ4v) is 1.87. The second-order valence-electron chi connectivity index (χ2n) is 4.32. The van der Waals surface area contributed by atoms with E-state index < -0.39 is 7.12 Å². The number of hydrogen-bond acceptors (Lipinski definition) is 4. The molecular formula is C12H15BN2O4. The van der Waals surface area contributed by atoms with Gasteiger partial charge in [-0.05, 0) is 23.2 Å². The standard InChI is InChI=1S/C12H15BN2O4/c1-8(16)14-4-5-15-12(17)9-2-3-10-7-19-13(18)11(10)6-9/h2-3,6,18H,4-5,7H2,1H3,(H,14,16)(H,15,17). The Morgan fingerprint density at radius 3 is 2.84 bits per heavy atom. The predicted octanol–water partition coefficient (Wildman–Crippen LogP) is -1.23. The zero-order valence-electron chi connectivity index (χ0n) is 10.6. The van der Waals surface area contributed by atoms with E-state index >= 15 is 0 Å². The van der Waals surface area contributed by atoms with Crippen molar-refractivity contribution in [3.8, 4) is 0 Å². The minimum absolute atomic E-state index is 0.132. The molecule has 7 heteroatoms. The average molecular weight is 262 g/mol. The topological polar surface area (TPSA) is 87.7 Å². The van der Waals surface area contributed by atoms with Crippen LogP contribution in [0.25, 0.3) is 0 Å². The van der Waals surface area contributed by atoms with Crippen molar-refractivity contribution < 1.29 is 19.3 Å². The maximum atomic E-state index is 11.8. The molecule has 2 amide bonds. The Morgan fingerprint density at radius 1 is 1.37 bits per heavy atom. The highest BCUT2D eigenvalue weighted by molar-refractivity contribution is 6.61. The highest BCUT2D eigenvalue weighted by atomic mass is 16.5. The molecule has 3 N–H and O–H groups in total. The summed E-state index contributed by atoms with van der Waals surface area (Å²) in [5, 5.41) is 14.8. The number of carbonyl (C=O) groups excluding carboxylic acids is 2. The average Bonchev–Trinajstić information content (AvgIpc) is 2.75. The first-order valence-corrected chi connectivity index (χ1v) is 6.03. The normalized spacial score (nSPS) is 13.1. The third-order valence-electron chi connectivity index (χ3n) is 2.86. The maximum Gasteiger partial charge on any atom is 0.491 e. The molecule has 0 aromatic heterocycles. The van der Waals surface area contributed by atoms with E-state index in [1.165, 1.54) is 6.92 Å². The van der Waals surface area contributed by atoms with Crippen LogP contribution in [0.4, 0.5) is 0 Å². The van der Waals surface area contributed by atoms with Gasteiger partial charge in [0.2, 0.25) is 5.91 Å². The van der Waals surface area contributed by atoms with Gasteiger partial charge in [0, 0.05) is 25.6 Å². The van der Waals surface area contributed by atoms with Crippen LogP contribution in [0.5, 0.6) is 0 Å². The molecule has 1 aliphatic rings. The summed E-state index contributed by atoms with van der Waals surface area (Å²) in [5.74, 6) is -0.376. The van der Waals surface area contributed by atoms with Gasteiger partial charge in [-0.3, -0.25) is 9.59 Å². The fourth-order valence-electron chi connectivity index (χ4n) is 1.87. The summed E-state index contributed by atoms with van der Waals surface area (Å²) in [5.41, 5.74) is 1.99. The minimum atomic E-state index is -0.956. The lowest BCUT2D eigenvalue weighted by molar-refractivity contribution is -0.118. The Bertz CT molecular complexity index is 507. The molecule has 1 heterocycles. The Hall–Kier alpha value is -1.86. The molecule has 19 heavy (non-hydrogen) atoms. The van der Waals surface area contributed by atoms with Gasteiger partial charge in [-0.1, -0.05) is 6.07 Å². The van der Waals surface area contributed by atoms with Crippen LogP contribution in [0.3, 0.4) is 0 Å². The van der Waals surface area contributed by atoms with Crippen molar-refractivity contribution in [1.82, 2.24) is 10.6 Å². The van der Waals surface area contributed by atoms with Gasteiger partial charge in [-0.25, -0.2) is 0 Å². The number of benzene rings is 1. The van der Waals surface area contributed by atoms with Crippen molar-refractivity contribution in [3.05, 3.63) is 29.3 Å². The second-order valence-corrected chi connectivity index (χ2v) is 4.32. The Kier molecular flexibility index (Phi) is 4.18. The van der Waals surface area contributed by atoms with E-state index in [4.69, 9.17) is 4.65 Å². The fraction of sp³-hybridized carbons (Fsp3) is 0.333. The van der Waals surface area contributed by atoms with E-state index in [2.05, 4.69) is 10.6 Å². The van der Waals surface area contributed by atoms with Crippen LogP contribution in [0.2, 0.25) is 0 Å². The summed E-state index contributed by atoms with van der Waals surface area (Å²) in [7, 11) is -0.956. The summed E-state index contributed by atoms with van der Waals surface area (Å²) >= 11 is 0. The van der Waals surface area contributed by atoms with Gasteiger partial charge in [-0.15, -0.1) is 0 Å². The Morgan fingerprint density at radius 2 is 2.11 bits per heavy atom. The third kappa shape index (κ3) is 3.33. The number of nitrogens with one attached hydrogen (secondary N) is 2. The van der Waals surface area contributed by atoms with Crippen LogP contribution in [0.1, 0.15) is 22.8 Å². The molecule has 6 nitrogen and oxygen atoms in total. The summed E-state index contributed by atoms with van der Waals surface area (Å²) < 4.78 is 5.06. The molecule has 0 fully saturated rings. The van der Waals surface area contributed by atoms with Crippen molar-refractivity contribution in [2.24, 2.45) is 0 Å². The number of amides is 2. The molecule has 0 atom stereocenters. The van der Waals surface area contributed by atoms with Crippen LogP contribution in [0.15, 0.2) is 18.2 Å². The lowest BCUT2D eigenvalue weighted by atomic mass is 9.79. The lowest BCUT2D eigenvalue weighted by Crippen LogP contribution is -2.34. The molecule has 0 aliphatic carbocycles. The molecule has 1 aromatic rings. The molecule has 0 spiro atoms. The summed E-state index contributed by atoms with van der Waals surface area (Å²) in [6, 6.07) is 5.09. The molecule has 0 saturated carbocycles. The lowest BCUT2D eigenvalue weighted by Gasteiger charge is -2.07. The van der Waals surface area contributed by atoms with Crippen molar-refractivity contribution in [3.63, 3.8) is 0 Å². The third-order valence-corrected chi connectivity index (χ3v) is 2.86. The minimum Gasteiger partial charge on any atom is -0.423 e.